The fourth-order valence-electron chi connectivity index (χ4n) is 5.45. The predicted molar refractivity (Wildman–Crippen MR) is 133 cm³/mol. The molecule has 0 N–H and O–H groups in total. The lowest BCUT2D eigenvalue weighted by molar-refractivity contribution is -0.142. The van der Waals surface area contributed by atoms with Gasteiger partial charge in [-0.3, -0.25) is 9.79 Å². The first-order valence-corrected chi connectivity index (χ1v) is 12.6. The van der Waals surface area contributed by atoms with Crippen molar-refractivity contribution in [3.05, 3.63) is 35.0 Å². The van der Waals surface area contributed by atoms with Gasteiger partial charge in [0, 0.05) is 30.4 Å². The molecule has 0 aromatic heterocycles. The predicted octanol–water partition coefficient (Wildman–Crippen LogP) is 5.02. The first kappa shape index (κ1) is 25.4. The van der Waals surface area contributed by atoms with Crippen molar-refractivity contribution in [3.63, 3.8) is 0 Å². The number of rotatable bonds is 8. The fraction of sp³-hybridized carbons (Fsp3) is 0.607. The van der Waals surface area contributed by atoms with Crippen LogP contribution in [0.4, 0.5) is 0 Å². The van der Waals surface area contributed by atoms with E-state index in [1.165, 1.54) is 0 Å². The summed E-state index contributed by atoms with van der Waals surface area (Å²) in [4.78, 5) is 31.7. The first-order chi connectivity index (χ1) is 16.7. The second-order valence-corrected chi connectivity index (χ2v) is 10.5. The largest absolute Gasteiger partial charge is 0.493 e. The van der Waals surface area contributed by atoms with Crippen LogP contribution in [-0.4, -0.2) is 50.5 Å². The highest BCUT2D eigenvalue weighted by Gasteiger charge is 2.48. The van der Waals surface area contributed by atoms with Gasteiger partial charge in [-0.15, -0.1) is 0 Å². The summed E-state index contributed by atoms with van der Waals surface area (Å²) in [5.41, 5.74) is 2.54. The van der Waals surface area contributed by atoms with Gasteiger partial charge in [0.15, 0.2) is 11.5 Å². The molecule has 3 aliphatic rings. The number of Topliss-reactive ketones (excluding diaryl/α,β-unsaturated/α-hetero) is 1. The minimum Gasteiger partial charge on any atom is -0.493 e. The molecule has 1 saturated heterocycles. The number of benzene rings is 1. The van der Waals surface area contributed by atoms with Crippen molar-refractivity contribution in [1.82, 2.24) is 0 Å². The molecule has 0 radical (unpaired) electrons. The lowest BCUT2D eigenvalue weighted by atomic mass is 9.63. The van der Waals surface area contributed by atoms with E-state index in [0.717, 1.165) is 30.5 Å². The molecule has 1 aromatic rings. The summed E-state index contributed by atoms with van der Waals surface area (Å²) in [5, 5.41) is 0. The average molecular weight is 484 g/mol. The van der Waals surface area contributed by atoms with Crippen LogP contribution in [0.2, 0.25) is 0 Å². The summed E-state index contributed by atoms with van der Waals surface area (Å²) >= 11 is 0. The number of hydrogen-bond acceptors (Lipinski definition) is 7. The van der Waals surface area contributed by atoms with Crippen molar-refractivity contribution in [1.29, 1.82) is 0 Å². The highest BCUT2D eigenvalue weighted by Crippen LogP contribution is 2.48. The Kier molecular flexibility index (Phi) is 7.64. The summed E-state index contributed by atoms with van der Waals surface area (Å²) in [7, 11) is 1.60. The smallest absolute Gasteiger partial charge is 0.336 e. The molecule has 1 saturated carbocycles. The third-order valence-electron chi connectivity index (χ3n) is 7.02. The van der Waals surface area contributed by atoms with Crippen LogP contribution in [0.1, 0.15) is 71.3 Å². The Morgan fingerprint density at radius 2 is 2.00 bits per heavy atom. The van der Waals surface area contributed by atoms with Crippen LogP contribution in [0.25, 0.3) is 0 Å². The Bertz CT molecular complexity index is 1030. The number of nitrogens with zero attached hydrogens (tertiary/aromatic N) is 1. The van der Waals surface area contributed by atoms with Gasteiger partial charge < -0.3 is 18.9 Å². The van der Waals surface area contributed by atoms with Gasteiger partial charge in [-0.05, 0) is 55.7 Å². The molecule has 1 unspecified atom stereocenters. The third kappa shape index (κ3) is 5.45. The number of esters is 1. The molecule has 7 heteroatoms. The number of carbonyl (C=O) groups excluding carboxylic acids is 2. The summed E-state index contributed by atoms with van der Waals surface area (Å²) in [6, 6.07) is 5.66. The summed E-state index contributed by atoms with van der Waals surface area (Å²) in [5.74, 6) is -0.0994. The first-order valence-electron chi connectivity index (χ1n) is 12.6. The number of ketones is 1. The molecule has 7 nitrogen and oxygen atoms in total. The minimum atomic E-state index is -0.496. The Morgan fingerprint density at radius 1 is 1.20 bits per heavy atom. The highest BCUT2D eigenvalue weighted by atomic mass is 16.6. The molecule has 1 aromatic carbocycles. The Hall–Kier alpha value is -2.67. The number of carbonyl (C=O) groups is 2. The van der Waals surface area contributed by atoms with Gasteiger partial charge in [0.2, 0.25) is 0 Å². The fourth-order valence-corrected chi connectivity index (χ4v) is 5.45. The Morgan fingerprint density at radius 3 is 2.69 bits per heavy atom. The lowest BCUT2D eigenvalue weighted by Gasteiger charge is -2.41. The zero-order valence-electron chi connectivity index (χ0n) is 21.5. The van der Waals surface area contributed by atoms with Gasteiger partial charge in [0.05, 0.1) is 31.3 Å². The molecule has 0 amide bonds. The van der Waals surface area contributed by atoms with Crippen molar-refractivity contribution < 1.29 is 28.5 Å². The Labute approximate surface area is 207 Å². The molecule has 2 heterocycles. The number of allylic oxidation sites excluding steroid dienone is 1. The van der Waals surface area contributed by atoms with E-state index in [-0.39, 0.29) is 23.9 Å². The standard InChI is InChI=1S/C28H37NO6/c1-6-11-34-22-10-9-18(13-23(22)32-5)25-24(27(31)35-16-19-8-7-12-33-19)17(2)29-20-14-28(3,4)15-21(30)26(20)25/h9-10,13,19,25-26H,6-8,11-12,14-16H2,1-5H3/t19-,25+,26?/m1/s1. The SMILES string of the molecule is CCCOc1ccc([C@H]2C(C(=O)OC[C@H]3CCCO3)=C(C)N=C3CC(C)(C)CC(=O)C32)cc1OC. The second-order valence-electron chi connectivity index (χ2n) is 10.5. The minimum absolute atomic E-state index is 0.0758. The van der Waals surface area contributed by atoms with Crippen LogP contribution >= 0.6 is 0 Å². The Balaban J connectivity index is 1.73. The van der Waals surface area contributed by atoms with Crippen LogP contribution in [0.3, 0.4) is 0 Å². The molecule has 35 heavy (non-hydrogen) atoms. The van der Waals surface area contributed by atoms with E-state index in [2.05, 4.69) is 13.8 Å². The molecular weight excluding hydrogens is 446 g/mol. The van der Waals surface area contributed by atoms with E-state index in [4.69, 9.17) is 23.9 Å². The summed E-state index contributed by atoms with van der Waals surface area (Å²) in [6.07, 6.45) is 3.81. The third-order valence-corrected chi connectivity index (χ3v) is 7.02. The molecule has 1 aliphatic carbocycles. The molecular formula is C28H37NO6. The van der Waals surface area contributed by atoms with Crippen molar-refractivity contribution in [2.24, 2.45) is 16.3 Å². The van der Waals surface area contributed by atoms with E-state index >= 15 is 0 Å². The maximum absolute atomic E-state index is 13.5. The molecule has 0 spiro atoms. The van der Waals surface area contributed by atoms with E-state index < -0.39 is 17.8 Å². The van der Waals surface area contributed by atoms with E-state index in [1.54, 1.807) is 7.11 Å². The van der Waals surface area contributed by atoms with Crippen LogP contribution in [0.5, 0.6) is 11.5 Å². The second kappa shape index (κ2) is 10.5. The van der Waals surface area contributed by atoms with Gasteiger partial charge in [0.25, 0.3) is 0 Å². The summed E-state index contributed by atoms with van der Waals surface area (Å²) in [6.45, 7) is 9.53. The topological polar surface area (TPSA) is 83.4 Å². The van der Waals surface area contributed by atoms with Gasteiger partial charge in [0.1, 0.15) is 12.4 Å². The maximum atomic E-state index is 13.5. The molecule has 4 rings (SSSR count). The van der Waals surface area contributed by atoms with Crippen LogP contribution < -0.4 is 9.47 Å². The van der Waals surface area contributed by atoms with Gasteiger partial charge in [-0.25, -0.2) is 4.79 Å². The van der Waals surface area contributed by atoms with Crippen molar-refractivity contribution in [2.45, 2.75) is 71.8 Å². The average Bonchev–Trinajstić information content (AvgIpc) is 3.33. The maximum Gasteiger partial charge on any atom is 0.336 e. The lowest BCUT2D eigenvalue weighted by Crippen LogP contribution is -2.44. The number of ether oxygens (including phenoxy) is 4. The number of aliphatic imine (C=N–C) groups is 1. The van der Waals surface area contributed by atoms with Crippen LogP contribution in [0, 0.1) is 11.3 Å². The van der Waals surface area contributed by atoms with Crippen molar-refractivity contribution in [2.75, 3.05) is 26.9 Å². The molecule has 0 bridgehead atoms. The number of methoxy groups -OCH3 is 1. The molecule has 2 fully saturated rings. The molecule has 190 valence electrons. The zero-order chi connectivity index (χ0) is 25.2. The van der Waals surface area contributed by atoms with Gasteiger partial charge in [-0.2, -0.15) is 0 Å². The number of fused-ring (bicyclic) bond motifs is 1. The van der Waals surface area contributed by atoms with Gasteiger partial charge >= 0.3 is 5.97 Å². The zero-order valence-corrected chi connectivity index (χ0v) is 21.5. The van der Waals surface area contributed by atoms with Crippen molar-refractivity contribution in [3.8, 4) is 11.5 Å². The number of hydrogen-bond donors (Lipinski definition) is 0. The highest BCUT2D eigenvalue weighted by molar-refractivity contribution is 6.12. The van der Waals surface area contributed by atoms with Crippen LogP contribution in [-0.2, 0) is 19.1 Å². The summed E-state index contributed by atoms with van der Waals surface area (Å²) < 4.78 is 22.8. The molecule has 2 aliphatic heterocycles. The monoisotopic (exact) mass is 483 g/mol. The van der Waals surface area contributed by atoms with Crippen molar-refractivity contribution >= 4 is 17.5 Å². The normalized spacial score (nSPS) is 25.7. The van der Waals surface area contributed by atoms with E-state index in [9.17, 15) is 9.59 Å². The van der Waals surface area contributed by atoms with Gasteiger partial charge in [-0.1, -0.05) is 26.8 Å². The molecule has 3 atom stereocenters. The van der Waals surface area contributed by atoms with Crippen LogP contribution in [0.15, 0.2) is 34.5 Å². The quantitative estimate of drug-likeness (QED) is 0.483. The van der Waals surface area contributed by atoms with E-state index in [0.29, 0.717) is 48.8 Å². The van der Waals surface area contributed by atoms with E-state index in [1.807, 2.05) is 32.0 Å².